The number of methoxy groups -OCH3 is 1. The van der Waals surface area contributed by atoms with Gasteiger partial charge in [0, 0.05) is 16.8 Å². The normalized spacial score (nSPS) is 11.7. The maximum atomic E-state index is 12.7. The molecule has 0 fully saturated rings. The standard InChI is InChI=1S/C32H31N5O2S/c1-32(2,3)25-14-12-23(13-15-25)30-35-36-31(37(30)26-16-18-27(39-4)19-17-26)40-21-29(38)34-33-20-24-10-7-9-22-8-5-6-11-28(22)24/h5-20H,21H2,1-4H3,(H,34,38)/b33-20+. The third kappa shape index (κ3) is 6.07. The number of amides is 1. The van der Waals surface area contributed by atoms with Gasteiger partial charge in [0.1, 0.15) is 5.75 Å². The maximum Gasteiger partial charge on any atom is 0.250 e. The number of nitrogens with zero attached hydrogens (tertiary/aromatic N) is 4. The first-order chi connectivity index (χ1) is 19.3. The minimum Gasteiger partial charge on any atom is -0.497 e. The Hall–Kier alpha value is -4.43. The van der Waals surface area contributed by atoms with E-state index in [4.69, 9.17) is 4.74 Å². The summed E-state index contributed by atoms with van der Waals surface area (Å²) < 4.78 is 7.30. The molecule has 0 saturated heterocycles. The van der Waals surface area contributed by atoms with E-state index in [2.05, 4.69) is 65.8 Å². The monoisotopic (exact) mass is 549 g/mol. The van der Waals surface area contributed by atoms with Crippen molar-refractivity contribution in [3.05, 3.63) is 102 Å². The average Bonchev–Trinajstić information content (AvgIpc) is 3.40. The highest BCUT2D eigenvalue weighted by atomic mass is 32.2. The fourth-order valence-electron chi connectivity index (χ4n) is 4.33. The minimum absolute atomic E-state index is 0.0483. The molecule has 0 aliphatic rings. The van der Waals surface area contributed by atoms with E-state index in [1.165, 1.54) is 17.3 Å². The largest absolute Gasteiger partial charge is 0.497 e. The maximum absolute atomic E-state index is 12.7. The van der Waals surface area contributed by atoms with E-state index < -0.39 is 0 Å². The molecule has 1 N–H and O–H groups in total. The number of fused-ring (bicyclic) bond motifs is 1. The van der Waals surface area contributed by atoms with Gasteiger partial charge in [0.05, 0.1) is 19.1 Å². The number of hydrogen-bond acceptors (Lipinski definition) is 6. The lowest BCUT2D eigenvalue weighted by molar-refractivity contribution is -0.118. The van der Waals surface area contributed by atoms with Crippen LogP contribution in [-0.4, -0.2) is 39.7 Å². The van der Waals surface area contributed by atoms with Crippen LogP contribution in [0, 0.1) is 0 Å². The molecule has 0 aliphatic heterocycles. The van der Waals surface area contributed by atoms with Gasteiger partial charge in [0.15, 0.2) is 11.0 Å². The molecule has 40 heavy (non-hydrogen) atoms. The summed E-state index contributed by atoms with van der Waals surface area (Å²) in [5.41, 5.74) is 6.67. The molecule has 5 aromatic rings. The number of hydrazone groups is 1. The molecule has 4 aromatic carbocycles. The molecule has 1 amide bonds. The lowest BCUT2D eigenvalue weighted by atomic mass is 9.87. The molecule has 0 atom stereocenters. The Bertz CT molecular complexity index is 1650. The Kier molecular flexibility index (Phi) is 7.98. The fraction of sp³-hybridized carbons (Fsp3) is 0.188. The van der Waals surface area contributed by atoms with Gasteiger partial charge >= 0.3 is 0 Å². The van der Waals surface area contributed by atoms with Crippen molar-refractivity contribution in [1.82, 2.24) is 20.2 Å². The van der Waals surface area contributed by atoms with Crippen molar-refractivity contribution in [2.24, 2.45) is 5.10 Å². The first kappa shape index (κ1) is 27.1. The third-order valence-corrected chi connectivity index (χ3v) is 7.45. The zero-order chi connectivity index (χ0) is 28.1. The summed E-state index contributed by atoms with van der Waals surface area (Å²) in [5, 5.41) is 15.9. The lowest BCUT2D eigenvalue weighted by Crippen LogP contribution is -2.20. The highest BCUT2D eigenvalue weighted by Crippen LogP contribution is 2.31. The molecule has 202 valence electrons. The number of hydrogen-bond donors (Lipinski definition) is 1. The number of ether oxygens (including phenoxy) is 1. The number of carbonyl (C=O) groups is 1. The van der Waals surface area contributed by atoms with E-state index in [-0.39, 0.29) is 17.1 Å². The van der Waals surface area contributed by atoms with Crippen molar-refractivity contribution >= 4 is 34.7 Å². The van der Waals surface area contributed by atoms with Crippen molar-refractivity contribution in [1.29, 1.82) is 0 Å². The summed E-state index contributed by atoms with van der Waals surface area (Å²) in [4.78, 5) is 12.7. The molecule has 1 aromatic heterocycles. The van der Waals surface area contributed by atoms with Crippen LogP contribution in [0.4, 0.5) is 0 Å². The van der Waals surface area contributed by atoms with E-state index in [1.807, 2.05) is 71.3 Å². The molecule has 1 heterocycles. The van der Waals surface area contributed by atoms with Crippen LogP contribution in [0.2, 0.25) is 0 Å². The lowest BCUT2D eigenvalue weighted by Gasteiger charge is -2.19. The third-order valence-electron chi connectivity index (χ3n) is 6.52. The molecule has 0 spiro atoms. The summed E-state index contributed by atoms with van der Waals surface area (Å²) in [6.07, 6.45) is 1.67. The van der Waals surface area contributed by atoms with Crippen molar-refractivity contribution in [3.63, 3.8) is 0 Å². The number of benzene rings is 4. The van der Waals surface area contributed by atoms with Gasteiger partial charge < -0.3 is 4.74 Å². The second-order valence-corrected chi connectivity index (χ2v) is 11.3. The second kappa shape index (κ2) is 11.8. The number of aromatic nitrogens is 3. The van der Waals surface area contributed by atoms with E-state index in [9.17, 15) is 4.79 Å². The highest BCUT2D eigenvalue weighted by molar-refractivity contribution is 7.99. The van der Waals surface area contributed by atoms with Gasteiger partial charge in [-0.3, -0.25) is 9.36 Å². The predicted octanol–water partition coefficient (Wildman–Crippen LogP) is 6.64. The van der Waals surface area contributed by atoms with Gasteiger partial charge in [-0.25, -0.2) is 5.43 Å². The van der Waals surface area contributed by atoms with Gasteiger partial charge in [-0.1, -0.05) is 99.3 Å². The topological polar surface area (TPSA) is 81.4 Å². The van der Waals surface area contributed by atoms with Crippen LogP contribution in [0.1, 0.15) is 31.9 Å². The van der Waals surface area contributed by atoms with Gasteiger partial charge in [-0.05, 0) is 46.0 Å². The summed E-state index contributed by atoms with van der Waals surface area (Å²) in [6, 6.07) is 30.1. The van der Waals surface area contributed by atoms with Gasteiger partial charge in [-0.15, -0.1) is 10.2 Å². The van der Waals surface area contributed by atoms with E-state index >= 15 is 0 Å². The number of carbonyl (C=O) groups excluding carboxylic acids is 1. The zero-order valence-corrected chi connectivity index (χ0v) is 23.8. The first-order valence-corrected chi connectivity index (χ1v) is 14.0. The van der Waals surface area contributed by atoms with Crippen LogP contribution >= 0.6 is 11.8 Å². The van der Waals surface area contributed by atoms with Crippen molar-refractivity contribution in [2.45, 2.75) is 31.3 Å². The van der Waals surface area contributed by atoms with E-state index in [0.717, 1.165) is 33.3 Å². The summed E-state index contributed by atoms with van der Waals surface area (Å²) in [7, 11) is 1.64. The van der Waals surface area contributed by atoms with Gasteiger partial charge in [0.2, 0.25) is 0 Å². The Morgan fingerprint density at radius 2 is 1.68 bits per heavy atom. The molecule has 0 radical (unpaired) electrons. The Balaban J connectivity index is 1.35. The highest BCUT2D eigenvalue weighted by Gasteiger charge is 2.19. The molecular formula is C32H31N5O2S. The molecule has 0 unspecified atom stereocenters. The molecule has 7 nitrogen and oxygen atoms in total. The van der Waals surface area contributed by atoms with E-state index in [0.29, 0.717) is 11.0 Å². The first-order valence-electron chi connectivity index (χ1n) is 13.0. The predicted molar refractivity (Wildman–Crippen MR) is 162 cm³/mol. The molecular weight excluding hydrogens is 518 g/mol. The number of nitrogens with one attached hydrogen (secondary N) is 1. The van der Waals surface area contributed by atoms with Crippen LogP contribution in [0.5, 0.6) is 5.75 Å². The van der Waals surface area contributed by atoms with Crippen LogP contribution < -0.4 is 10.2 Å². The zero-order valence-electron chi connectivity index (χ0n) is 23.0. The molecule has 5 rings (SSSR count). The Morgan fingerprint density at radius 3 is 2.40 bits per heavy atom. The molecule has 0 aliphatic carbocycles. The summed E-state index contributed by atoms with van der Waals surface area (Å²) in [6.45, 7) is 6.56. The average molecular weight is 550 g/mol. The van der Waals surface area contributed by atoms with Crippen LogP contribution in [0.15, 0.2) is 101 Å². The van der Waals surface area contributed by atoms with Crippen molar-refractivity contribution in [3.8, 4) is 22.8 Å². The van der Waals surface area contributed by atoms with Gasteiger partial charge in [-0.2, -0.15) is 5.10 Å². The summed E-state index contributed by atoms with van der Waals surface area (Å²) in [5.74, 6) is 1.35. The minimum atomic E-state index is -0.234. The summed E-state index contributed by atoms with van der Waals surface area (Å²) >= 11 is 1.30. The quantitative estimate of drug-likeness (QED) is 0.133. The number of rotatable bonds is 8. The number of thioether (sulfide) groups is 1. The van der Waals surface area contributed by atoms with Crippen molar-refractivity contribution < 1.29 is 9.53 Å². The van der Waals surface area contributed by atoms with Gasteiger partial charge in [0.25, 0.3) is 5.91 Å². The molecule has 0 saturated carbocycles. The van der Waals surface area contributed by atoms with Crippen LogP contribution in [0.25, 0.3) is 27.8 Å². The van der Waals surface area contributed by atoms with Crippen molar-refractivity contribution in [2.75, 3.05) is 12.9 Å². The van der Waals surface area contributed by atoms with Crippen LogP contribution in [0.3, 0.4) is 0 Å². The van der Waals surface area contributed by atoms with Crippen LogP contribution in [-0.2, 0) is 10.2 Å². The fourth-order valence-corrected chi connectivity index (χ4v) is 5.08. The molecule has 8 heteroatoms. The Morgan fingerprint density at radius 1 is 0.950 bits per heavy atom. The second-order valence-electron chi connectivity index (χ2n) is 10.3. The Labute approximate surface area is 238 Å². The smallest absolute Gasteiger partial charge is 0.250 e. The molecule has 0 bridgehead atoms. The van der Waals surface area contributed by atoms with E-state index in [1.54, 1.807) is 13.3 Å². The SMILES string of the molecule is COc1ccc(-n2c(SCC(=O)N/N=C/c3cccc4ccccc34)nnc2-c2ccc(C(C)(C)C)cc2)cc1.